The van der Waals surface area contributed by atoms with Gasteiger partial charge in [-0.3, -0.25) is 9.59 Å². The smallest absolute Gasteiger partial charge is 0.303 e. The third kappa shape index (κ3) is 2.71. The number of benzene rings is 1. The van der Waals surface area contributed by atoms with E-state index in [1.807, 2.05) is 12.1 Å². The summed E-state index contributed by atoms with van der Waals surface area (Å²) in [6.45, 7) is 0. The highest BCUT2D eigenvalue weighted by Crippen LogP contribution is 2.11. The van der Waals surface area contributed by atoms with E-state index < -0.39 is 5.97 Å². The Balaban J connectivity index is 1.99. The fraction of sp³-hybridized carbons (Fsp3) is 0.333. The molecule has 0 saturated carbocycles. The van der Waals surface area contributed by atoms with Crippen molar-refractivity contribution in [2.75, 3.05) is 0 Å². The lowest BCUT2D eigenvalue weighted by molar-refractivity contribution is -0.137. The summed E-state index contributed by atoms with van der Waals surface area (Å²) in [5.41, 5.74) is 1.36. The van der Waals surface area contributed by atoms with Gasteiger partial charge in [-0.1, -0.05) is 17.3 Å². The maximum atomic E-state index is 11.9. The van der Waals surface area contributed by atoms with Gasteiger partial charge in [0.2, 0.25) is 5.91 Å². The minimum Gasteiger partial charge on any atom is -0.481 e. The summed E-state index contributed by atoms with van der Waals surface area (Å²) in [5.74, 6) is -0.997. The highest BCUT2D eigenvalue weighted by atomic mass is 16.4. The van der Waals surface area contributed by atoms with Crippen LogP contribution in [0.25, 0.3) is 11.0 Å². The van der Waals surface area contributed by atoms with Crippen molar-refractivity contribution in [3.05, 3.63) is 24.3 Å². The predicted octanol–water partition coefficient (Wildman–Crippen LogP) is 1.72. The van der Waals surface area contributed by atoms with Crippen molar-refractivity contribution in [3.8, 4) is 0 Å². The van der Waals surface area contributed by atoms with E-state index in [4.69, 9.17) is 5.11 Å². The number of unbranched alkanes of at least 4 members (excludes halogenated alkanes) is 1. The summed E-state index contributed by atoms with van der Waals surface area (Å²) in [4.78, 5) is 22.2. The Labute approximate surface area is 103 Å². The number of carbonyl (C=O) groups excluding carboxylic acids is 1. The van der Waals surface area contributed by atoms with Crippen molar-refractivity contribution >= 4 is 22.9 Å². The molecule has 0 fully saturated rings. The molecule has 0 aliphatic carbocycles. The second-order valence-electron chi connectivity index (χ2n) is 3.98. The van der Waals surface area contributed by atoms with Crippen molar-refractivity contribution in [3.63, 3.8) is 0 Å². The summed E-state index contributed by atoms with van der Waals surface area (Å²) >= 11 is 0. The molecule has 1 heterocycles. The van der Waals surface area contributed by atoms with E-state index in [9.17, 15) is 9.59 Å². The van der Waals surface area contributed by atoms with Gasteiger partial charge in [-0.05, 0) is 25.0 Å². The second kappa shape index (κ2) is 5.39. The van der Waals surface area contributed by atoms with E-state index in [-0.39, 0.29) is 18.7 Å². The number of para-hydroxylation sites is 1. The maximum absolute atomic E-state index is 11.9. The molecule has 94 valence electrons. The molecule has 2 aromatic rings. The molecule has 0 unspecified atom stereocenters. The minimum atomic E-state index is -0.839. The summed E-state index contributed by atoms with van der Waals surface area (Å²) in [6, 6.07) is 7.22. The zero-order chi connectivity index (χ0) is 13.0. The van der Waals surface area contributed by atoms with Crippen molar-refractivity contribution in [2.24, 2.45) is 0 Å². The summed E-state index contributed by atoms with van der Waals surface area (Å²) in [6.07, 6.45) is 1.40. The average molecular weight is 247 g/mol. The van der Waals surface area contributed by atoms with Crippen LogP contribution in [0.4, 0.5) is 0 Å². The third-order valence-corrected chi connectivity index (χ3v) is 2.62. The quantitative estimate of drug-likeness (QED) is 0.813. The van der Waals surface area contributed by atoms with E-state index >= 15 is 0 Å². The van der Waals surface area contributed by atoms with Gasteiger partial charge in [0, 0.05) is 12.8 Å². The number of carboxylic acid groups (broad SMARTS) is 1. The zero-order valence-electron chi connectivity index (χ0n) is 9.74. The van der Waals surface area contributed by atoms with Crippen LogP contribution in [0.2, 0.25) is 0 Å². The van der Waals surface area contributed by atoms with Gasteiger partial charge in [0.05, 0.1) is 5.52 Å². The monoisotopic (exact) mass is 247 g/mol. The molecule has 0 atom stereocenters. The van der Waals surface area contributed by atoms with Crippen LogP contribution in [-0.4, -0.2) is 32.0 Å². The van der Waals surface area contributed by atoms with Crippen molar-refractivity contribution in [1.82, 2.24) is 15.0 Å². The minimum absolute atomic E-state index is 0.0887. The van der Waals surface area contributed by atoms with Gasteiger partial charge in [-0.25, -0.2) is 0 Å². The fourth-order valence-electron chi connectivity index (χ4n) is 1.71. The first-order valence-electron chi connectivity index (χ1n) is 5.74. The Kier molecular flexibility index (Phi) is 3.66. The summed E-state index contributed by atoms with van der Waals surface area (Å²) in [5, 5.41) is 16.2. The van der Waals surface area contributed by atoms with Crippen LogP contribution >= 0.6 is 0 Å². The Morgan fingerprint density at radius 3 is 2.67 bits per heavy atom. The normalized spacial score (nSPS) is 10.7. The number of hydrogen-bond donors (Lipinski definition) is 1. The van der Waals surface area contributed by atoms with Gasteiger partial charge in [0.1, 0.15) is 5.52 Å². The van der Waals surface area contributed by atoms with E-state index in [1.165, 1.54) is 4.68 Å². The second-order valence-corrected chi connectivity index (χ2v) is 3.98. The first-order chi connectivity index (χ1) is 8.68. The van der Waals surface area contributed by atoms with Gasteiger partial charge >= 0.3 is 5.97 Å². The molecule has 0 spiro atoms. The molecule has 2 rings (SSSR count). The molecular formula is C12H13N3O3. The lowest BCUT2D eigenvalue weighted by Gasteiger charge is -2.00. The number of carbonyl (C=O) groups is 2. The molecule has 0 amide bonds. The first kappa shape index (κ1) is 12.2. The molecule has 1 aromatic heterocycles. The van der Waals surface area contributed by atoms with E-state index in [0.717, 1.165) is 0 Å². The predicted molar refractivity (Wildman–Crippen MR) is 64.3 cm³/mol. The topological polar surface area (TPSA) is 85.1 Å². The van der Waals surface area contributed by atoms with Gasteiger partial charge in [-0.2, -0.15) is 4.68 Å². The summed E-state index contributed by atoms with van der Waals surface area (Å²) < 4.78 is 1.27. The molecular weight excluding hydrogens is 234 g/mol. The Hall–Kier alpha value is -2.24. The number of aliphatic carboxylic acids is 1. The standard InChI is InChI=1S/C12H13N3O3/c16-11(7-3-4-8-12(17)18)15-10-6-2-1-5-9(10)13-14-15/h1-2,5-6H,3-4,7-8H2,(H,17,18). The highest BCUT2D eigenvalue weighted by molar-refractivity contribution is 5.88. The lowest BCUT2D eigenvalue weighted by atomic mass is 10.2. The highest BCUT2D eigenvalue weighted by Gasteiger charge is 2.11. The van der Waals surface area contributed by atoms with Crippen LogP contribution in [0.5, 0.6) is 0 Å². The molecule has 0 aliphatic rings. The molecule has 1 aromatic carbocycles. The van der Waals surface area contributed by atoms with Crippen LogP contribution in [0.1, 0.15) is 30.5 Å². The van der Waals surface area contributed by atoms with Gasteiger partial charge in [0.25, 0.3) is 0 Å². The number of hydrogen-bond acceptors (Lipinski definition) is 4. The molecule has 0 saturated heterocycles. The van der Waals surface area contributed by atoms with Gasteiger partial charge in [0.15, 0.2) is 0 Å². The molecule has 6 heteroatoms. The largest absolute Gasteiger partial charge is 0.481 e. The van der Waals surface area contributed by atoms with E-state index in [1.54, 1.807) is 12.1 Å². The molecule has 6 nitrogen and oxygen atoms in total. The van der Waals surface area contributed by atoms with E-state index in [0.29, 0.717) is 23.9 Å². The SMILES string of the molecule is O=C(O)CCCCC(=O)n1nnc2ccccc21. The number of fused-ring (bicyclic) bond motifs is 1. The van der Waals surface area contributed by atoms with E-state index in [2.05, 4.69) is 10.3 Å². The zero-order valence-corrected chi connectivity index (χ0v) is 9.74. The van der Waals surface area contributed by atoms with Crippen molar-refractivity contribution < 1.29 is 14.7 Å². The van der Waals surface area contributed by atoms with Crippen LogP contribution in [0.15, 0.2) is 24.3 Å². The van der Waals surface area contributed by atoms with Gasteiger partial charge < -0.3 is 5.11 Å². The fourth-order valence-corrected chi connectivity index (χ4v) is 1.71. The first-order valence-corrected chi connectivity index (χ1v) is 5.74. The van der Waals surface area contributed by atoms with Gasteiger partial charge in [-0.15, -0.1) is 5.10 Å². The lowest BCUT2D eigenvalue weighted by Crippen LogP contribution is -2.12. The molecule has 0 radical (unpaired) electrons. The number of carboxylic acids is 1. The third-order valence-electron chi connectivity index (χ3n) is 2.62. The number of aromatic nitrogens is 3. The summed E-state index contributed by atoms with van der Waals surface area (Å²) in [7, 11) is 0. The Morgan fingerprint density at radius 2 is 1.89 bits per heavy atom. The van der Waals surface area contributed by atoms with Crippen LogP contribution < -0.4 is 0 Å². The Bertz CT molecular complexity index is 577. The molecule has 0 bridgehead atoms. The van der Waals surface area contributed by atoms with Crippen molar-refractivity contribution in [2.45, 2.75) is 25.7 Å². The maximum Gasteiger partial charge on any atom is 0.303 e. The average Bonchev–Trinajstić information content (AvgIpc) is 2.78. The molecule has 1 N–H and O–H groups in total. The number of nitrogens with zero attached hydrogens (tertiary/aromatic N) is 3. The van der Waals surface area contributed by atoms with Crippen LogP contribution in [0.3, 0.4) is 0 Å². The molecule has 18 heavy (non-hydrogen) atoms. The van der Waals surface area contributed by atoms with Crippen molar-refractivity contribution in [1.29, 1.82) is 0 Å². The Morgan fingerprint density at radius 1 is 1.17 bits per heavy atom. The van der Waals surface area contributed by atoms with Crippen LogP contribution in [0, 0.1) is 0 Å². The van der Waals surface area contributed by atoms with Crippen LogP contribution in [-0.2, 0) is 4.79 Å². The number of rotatable bonds is 5. The molecule has 0 aliphatic heterocycles.